The molecule has 2 amide bonds. The molecule has 2 N–H and O–H groups in total. The van der Waals surface area contributed by atoms with E-state index in [4.69, 9.17) is 4.74 Å². The summed E-state index contributed by atoms with van der Waals surface area (Å²) in [5, 5.41) is 5.69. The van der Waals surface area contributed by atoms with Crippen LogP contribution < -0.4 is 15.4 Å². The number of carbonyl (C=O) groups is 2. The van der Waals surface area contributed by atoms with E-state index in [0.29, 0.717) is 22.6 Å². The molecule has 1 heterocycles. The van der Waals surface area contributed by atoms with E-state index in [1.165, 1.54) is 7.11 Å². The SMILES string of the molecule is COc1ccccc1C(=O)Nc1ccc2c(c1)C(=C(C)C)C(=O)N2. The molecule has 2 aromatic rings. The molecular formula is C19H18N2O3. The molecule has 1 aliphatic heterocycles. The zero-order chi connectivity index (χ0) is 17.3. The van der Waals surface area contributed by atoms with Gasteiger partial charge in [0.15, 0.2) is 0 Å². The fourth-order valence-corrected chi connectivity index (χ4v) is 2.77. The molecule has 0 atom stereocenters. The Bertz CT molecular complexity index is 865. The summed E-state index contributed by atoms with van der Waals surface area (Å²) in [5.41, 5.74) is 4.22. The Kier molecular flexibility index (Phi) is 4.08. The predicted molar refractivity (Wildman–Crippen MR) is 94.3 cm³/mol. The van der Waals surface area contributed by atoms with Crippen molar-refractivity contribution in [1.82, 2.24) is 0 Å². The van der Waals surface area contributed by atoms with Crippen LogP contribution >= 0.6 is 0 Å². The van der Waals surface area contributed by atoms with Crippen molar-refractivity contribution in [3.8, 4) is 5.75 Å². The lowest BCUT2D eigenvalue weighted by Crippen LogP contribution is -2.13. The molecule has 122 valence electrons. The third-order valence-corrected chi connectivity index (χ3v) is 3.87. The van der Waals surface area contributed by atoms with E-state index in [2.05, 4.69) is 10.6 Å². The summed E-state index contributed by atoms with van der Waals surface area (Å²) >= 11 is 0. The number of allylic oxidation sites excluding steroid dienone is 1. The van der Waals surface area contributed by atoms with Gasteiger partial charge in [-0.3, -0.25) is 9.59 Å². The molecule has 0 saturated carbocycles. The number of rotatable bonds is 3. The van der Waals surface area contributed by atoms with Gasteiger partial charge in [-0.2, -0.15) is 0 Å². The van der Waals surface area contributed by atoms with Gasteiger partial charge in [0, 0.05) is 22.5 Å². The summed E-state index contributed by atoms with van der Waals surface area (Å²) in [6.07, 6.45) is 0. The maximum absolute atomic E-state index is 12.5. The van der Waals surface area contributed by atoms with Crippen LogP contribution in [-0.4, -0.2) is 18.9 Å². The topological polar surface area (TPSA) is 67.4 Å². The van der Waals surface area contributed by atoms with Crippen LogP contribution in [0.1, 0.15) is 29.8 Å². The number of hydrogen-bond acceptors (Lipinski definition) is 3. The summed E-state index contributed by atoms with van der Waals surface area (Å²) in [6, 6.07) is 12.4. The van der Waals surface area contributed by atoms with Gasteiger partial charge in [0.05, 0.1) is 12.7 Å². The second kappa shape index (κ2) is 6.20. The van der Waals surface area contributed by atoms with Crippen molar-refractivity contribution >= 4 is 28.8 Å². The Morgan fingerprint density at radius 1 is 1.12 bits per heavy atom. The van der Waals surface area contributed by atoms with E-state index in [-0.39, 0.29) is 11.8 Å². The highest BCUT2D eigenvalue weighted by Crippen LogP contribution is 2.35. The normalized spacial score (nSPS) is 12.5. The smallest absolute Gasteiger partial charge is 0.259 e. The van der Waals surface area contributed by atoms with Gasteiger partial charge >= 0.3 is 0 Å². The van der Waals surface area contributed by atoms with Crippen LogP contribution in [0, 0.1) is 0 Å². The molecule has 0 unspecified atom stereocenters. The first kappa shape index (κ1) is 15.8. The van der Waals surface area contributed by atoms with Crippen molar-refractivity contribution in [3.63, 3.8) is 0 Å². The van der Waals surface area contributed by atoms with Gasteiger partial charge in [-0.1, -0.05) is 17.7 Å². The van der Waals surface area contributed by atoms with Gasteiger partial charge in [0.2, 0.25) is 0 Å². The first-order valence-electron chi connectivity index (χ1n) is 7.59. The minimum atomic E-state index is -0.261. The Morgan fingerprint density at radius 2 is 1.88 bits per heavy atom. The van der Waals surface area contributed by atoms with E-state index in [1.807, 2.05) is 26.0 Å². The van der Waals surface area contributed by atoms with Crippen LogP contribution in [0.15, 0.2) is 48.0 Å². The number of amides is 2. The summed E-state index contributed by atoms with van der Waals surface area (Å²) in [5.74, 6) is 0.139. The third kappa shape index (κ3) is 2.76. The Hall–Kier alpha value is -3.08. The number of hydrogen-bond donors (Lipinski definition) is 2. The lowest BCUT2D eigenvalue weighted by molar-refractivity contribution is -0.110. The Morgan fingerprint density at radius 3 is 2.58 bits per heavy atom. The average molecular weight is 322 g/mol. The lowest BCUT2D eigenvalue weighted by atomic mass is 10.0. The van der Waals surface area contributed by atoms with E-state index in [1.54, 1.807) is 30.3 Å². The molecule has 24 heavy (non-hydrogen) atoms. The quantitative estimate of drug-likeness (QED) is 0.847. The van der Waals surface area contributed by atoms with Crippen LogP contribution in [0.5, 0.6) is 5.75 Å². The number of benzene rings is 2. The standard InChI is InChI=1S/C19H18N2O3/c1-11(2)17-14-10-12(8-9-15(14)21-19(17)23)20-18(22)13-6-4-5-7-16(13)24-3/h4-10H,1-3H3,(H,20,22)(H,21,23). The van der Waals surface area contributed by atoms with Gasteiger partial charge in [-0.25, -0.2) is 0 Å². The number of methoxy groups -OCH3 is 1. The molecule has 5 nitrogen and oxygen atoms in total. The molecule has 0 saturated heterocycles. The lowest BCUT2D eigenvalue weighted by Gasteiger charge is -2.10. The van der Waals surface area contributed by atoms with Crippen LogP contribution in [0.2, 0.25) is 0 Å². The number of para-hydroxylation sites is 1. The van der Waals surface area contributed by atoms with Gasteiger partial charge in [-0.05, 0) is 44.2 Å². The highest BCUT2D eigenvalue weighted by Gasteiger charge is 2.25. The molecule has 2 aromatic carbocycles. The fraction of sp³-hybridized carbons (Fsp3) is 0.158. The molecule has 0 aliphatic carbocycles. The van der Waals surface area contributed by atoms with Gasteiger partial charge in [0.25, 0.3) is 11.8 Å². The second-order valence-corrected chi connectivity index (χ2v) is 5.74. The van der Waals surface area contributed by atoms with Crippen molar-refractivity contribution in [2.24, 2.45) is 0 Å². The number of carbonyl (C=O) groups excluding carboxylic acids is 2. The zero-order valence-electron chi connectivity index (χ0n) is 13.8. The third-order valence-electron chi connectivity index (χ3n) is 3.87. The van der Waals surface area contributed by atoms with E-state index in [0.717, 1.165) is 16.8 Å². The average Bonchev–Trinajstić information content (AvgIpc) is 2.90. The predicted octanol–water partition coefficient (Wildman–Crippen LogP) is 3.69. The molecular weight excluding hydrogens is 304 g/mol. The monoisotopic (exact) mass is 322 g/mol. The van der Waals surface area contributed by atoms with Gasteiger partial charge < -0.3 is 15.4 Å². The van der Waals surface area contributed by atoms with Crippen molar-refractivity contribution in [2.45, 2.75) is 13.8 Å². The van der Waals surface area contributed by atoms with Crippen molar-refractivity contribution in [3.05, 3.63) is 59.2 Å². The minimum absolute atomic E-state index is 0.113. The summed E-state index contributed by atoms with van der Waals surface area (Å²) < 4.78 is 5.22. The van der Waals surface area contributed by atoms with E-state index >= 15 is 0 Å². The minimum Gasteiger partial charge on any atom is -0.496 e. The summed E-state index contributed by atoms with van der Waals surface area (Å²) in [7, 11) is 1.53. The van der Waals surface area contributed by atoms with Crippen LogP contribution in [0.4, 0.5) is 11.4 Å². The number of anilines is 2. The highest BCUT2D eigenvalue weighted by molar-refractivity contribution is 6.32. The molecule has 0 spiro atoms. The maximum Gasteiger partial charge on any atom is 0.259 e. The largest absolute Gasteiger partial charge is 0.496 e. The number of ether oxygens (including phenoxy) is 1. The number of fused-ring (bicyclic) bond motifs is 1. The van der Waals surface area contributed by atoms with E-state index in [9.17, 15) is 9.59 Å². The molecule has 1 aliphatic rings. The van der Waals surface area contributed by atoms with Crippen molar-refractivity contribution < 1.29 is 14.3 Å². The summed E-state index contributed by atoms with van der Waals surface area (Å²) in [6.45, 7) is 3.79. The highest BCUT2D eigenvalue weighted by atomic mass is 16.5. The van der Waals surface area contributed by atoms with Crippen molar-refractivity contribution in [2.75, 3.05) is 17.7 Å². The molecule has 0 aromatic heterocycles. The molecule has 0 radical (unpaired) electrons. The zero-order valence-corrected chi connectivity index (χ0v) is 13.8. The molecule has 0 bridgehead atoms. The van der Waals surface area contributed by atoms with Crippen LogP contribution in [-0.2, 0) is 4.79 Å². The molecule has 5 heteroatoms. The Balaban J connectivity index is 1.92. The van der Waals surface area contributed by atoms with Gasteiger partial charge in [0.1, 0.15) is 5.75 Å². The second-order valence-electron chi connectivity index (χ2n) is 5.74. The number of nitrogens with one attached hydrogen (secondary N) is 2. The van der Waals surface area contributed by atoms with Gasteiger partial charge in [-0.15, -0.1) is 0 Å². The molecule has 0 fully saturated rings. The Labute approximate surface area is 140 Å². The maximum atomic E-state index is 12.5. The van der Waals surface area contributed by atoms with E-state index < -0.39 is 0 Å². The fourth-order valence-electron chi connectivity index (χ4n) is 2.77. The van der Waals surface area contributed by atoms with Crippen LogP contribution in [0.3, 0.4) is 0 Å². The first-order valence-corrected chi connectivity index (χ1v) is 7.59. The molecule has 3 rings (SSSR count). The first-order chi connectivity index (χ1) is 11.5. The van der Waals surface area contributed by atoms with Crippen LogP contribution in [0.25, 0.3) is 5.57 Å². The van der Waals surface area contributed by atoms with Crippen molar-refractivity contribution in [1.29, 1.82) is 0 Å². The summed E-state index contributed by atoms with van der Waals surface area (Å²) in [4.78, 5) is 24.5.